The molecule has 1 unspecified atom stereocenters. The Morgan fingerprint density at radius 1 is 1.09 bits per heavy atom. The molecule has 2 amide bonds. The lowest BCUT2D eigenvalue weighted by Gasteiger charge is -2.38. The third-order valence-electron chi connectivity index (χ3n) is 4.41. The van der Waals surface area contributed by atoms with Crippen molar-refractivity contribution in [3.63, 3.8) is 0 Å². The Balaban J connectivity index is 2.00. The molecule has 0 aromatic heterocycles. The van der Waals surface area contributed by atoms with Crippen LogP contribution >= 0.6 is 0 Å². The van der Waals surface area contributed by atoms with Crippen molar-refractivity contribution < 1.29 is 19.1 Å². The number of amides is 2. The van der Waals surface area contributed by atoms with Crippen molar-refractivity contribution in [3.8, 4) is 0 Å². The van der Waals surface area contributed by atoms with Crippen molar-refractivity contribution >= 4 is 17.6 Å². The van der Waals surface area contributed by atoms with Gasteiger partial charge in [0.05, 0.1) is 0 Å². The van der Waals surface area contributed by atoms with Gasteiger partial charge in [-0.15, -0.1) is 0 Å². The van der Waals surface area contributed by atoms with Crippen LogP contribution in [0.2, 0.25) is 0 Å². The van der Waals surface area contributed by atoms with E-state index in [-0.39, 0.29) is 17.6 Å². The minimum atomic E-state index is -1.02. The monoisotopic (exact) mass is 320 g/mol. The molecule has 1 atom stereocenters. The van der Waals surface area contributed by atoms with Crippen LogP contribution in [-0.4, -0.2) is 59.2 Å². The van der Waals surface area contributed by atoms with Crippen molar-refractivity contribution in [1.29, 1.82) is 0 Å². The molecule has 0 radical (unpaired) electrons. The normalized spacial score (nSPS) is 24.5. The van der Waals surface area contributed by atoms with Gasteiger partial charge >= 0.3 is 0 Å². The van der Waals surface area contributed by atoms with E-state index < -0.39 is 5.60 Å². The van der Waals surface area contributed by atoms with E-state index in [4.69, 9.17) is 4.74 Å². The molecule has 6 nitrogen and oxygen atoms in total. The maximum Gasteiger partial charge on any atom is 0.266 e. The van der Waals surface area contributed by atoms with Crippen LogP contribution in [0.15, 0.2) is 23.5 Å². The predicted octanol–water partition coefficient (Wildman–Crippen LogP) is 1.28. The highest BCUT2D eigenvalue weighted by Crippen LogP contribution is 2.35. The molecule has 2 heterocycles. The van der Waals surface area contributed by atoms with Crippen LogP contribution in [0.5, 0.6) is 0 Å². The van der Waals surface area contributed by atoms with Crippen LogP contribution in [0.3, 0.4) is 0 Å². The van der Waals surface area contributed by atoms with E-state index in [9.17, 15) is 14.4 Å². The summed E-state index contributed by atoms with van der Waals surface area (Å²) in [6.07, 6.45) is 0.303. The second-order valence-electron chi connectivity index (χ2n) is 6.47. The highest BCUT2D eigenvalue weighted by molar-refractivity contribution is 5.97. The lowest BCUT2D eigenvalue weighted by Crippen LogP contribution is -2.56. The lowest BCUT2D eigenvalue weighted by atomic mass is 9.95. The molecule has 0 bridgehead atoms. The van der Waals surface area contributed by atoms with Gasteiger partial charge in [-0.25, -0.2) is 0 Å². The van der Waals surface area contributed by atoms with Gasteiger partial charge in [0.25, 0.3) is 5.91 Å². The van der Waals surface area contributed by atoms with Crippen LogP contribution in [0.25, 0.3) is 0 Å². The summed E-state index contributed by atoms with van der Waals surface area (Å²) in [6, 6.07) is 0. The molecule has 6 heteroatoms. The molecule has 2 aliphatic rings. The molecule has 2 aliphatic heterocycles. The number of carbonyl (C=O) groups excluding carboxylic acids is 3. The molecule has 0 N–H and O–H groups in total. The van der Waals surface area contributed by atoms with Crippen molar-refractivity contribution in [2.45, 2.75) is 39.7 Å². The van der Waals surface area contributed by atoms with E-state index in [0.29, 0.717) is 49.5 Å². The Bertz CT molecular complexity index is 600. The number of allylic oxidation sites excluding steroid dienone is 1. The first-order valence-electron chi connectivity index (χ1n) is 7.79. The molecular formula is C17H24N2O4. The van der Waals surface area contributed by atoms with Crippen molar-refractivity contribution in [2.75, 3.05) is 26.2 Å². The fraction of sp³-hybridized carbons (Fsp3) is 0.588. The topological polar surface area (TPSA) is 66.9 Å². The average molecular weight is 320 g/mol. The zero-order valence-electron chi connectivity index (χ0n) is 14.3. The zero-order valence-corrected chi connectivity index (χ0v) is 14.3. The summed E-state index contributed by atoms with van der Waals surface area (Å²) in [7, 11) is 0. The molecule has 0 aliphatic carbocycles. The summed E-state index contributed by atoms with van der Waals surface area (Å²) in [5, 5.41) is 0. The number of nitrogens with zero attached hydrogens (tertiary/aromatic N) is 2. The van der Waals surface area contributed by atoms with Crippen molar-refractivity contribution in [3.05, 3.63) is 23.5 Å². The first kappa shape index (κ1) is 17.2. The molecule has 1 saturated heterocycles. The Morgan fingerprint density at radius 3 is 2.04 bits per heavy atom. The molecular weight excluding hydrogens is 296 g/mol. The molecule has 0 spiro atoms. The van der Waals surface area contributed by atoms with Gasteiger partial charge in [0.1, 0.15) is 5.76 Å². The van der Waals surface area contributed by atoms with E-state index >= 15 is 0 Å². The van der Waals surface area contributed by atoms with E-state index in [1.54, 1.807) is 30.6 Å². The SMILES string of the molecule is C=C(C)C(=O)N1CCN(C(=O)C2(C)CC(C(C)=O)=C(C)O2)CC1. The van der Waals surface area contributed by atoms with E-state index in [1.165, 1.54) is 6.92 Å². The van der Waals surface area contributed by atoms with Crippen LogP contribution in [0, 0.1) is 0 Å². The van der Waals surface area contributed by atoms with Crippen molar-refractivity contribution in [2.24, 2.45) is 0 Å². The van der Waals surface area contributed by atoms with Crippen LogP contribution in [0.1, 0.15) is 34.1 Å². The number of carbonyl (C=O) groups is 3. The first-order valence-corrected chi connectivity index (χ1v) is 7.79. The van der Waals surface area contributed by atoms with Crippen LogP contribution in [-0.2, 0) is 19.1 Å². The van der Waals surface area contributed by atoms with Gasteiger partial charge in [0.15, 0.2) is 11.4 Å². The largest absolute Gasteiger partial charge is 0.482 e. The van der Waals surface area contributed by atoms with E-state index in [2.05, 4.69) is 6.58 Å². The maximum absolute atomic E-state index is 12.8. The van der Waals surface area contributed by atoms with Gasteiger partial charge < -0.3 is 14.5 Å². The highest BCUT2D eigenvalue weighted by atomic mass is 16.5. The number of hydrogen-bond acceptors (Lipinski definition) is 4. The first-order chi connectivity index (χ1) is 10.7. The van der Waals surface area contributed by atoms with Gasteiger partial charge in [0.2, 0.25) is 5.91 Å². The smallest absolute Gasteiger partial charge is 0.266 e. The lowest BCUT2D eigenvalue weighted by molar-refractivity contribution is -0.152. The number of Topliss-reactive ketones (excluding diaryl/α,β-unsaturated/α-hetero) is 1. The molecule has 23 heavy (non-hydrogen) atoms. The third-order valence-corrected chi connectivity index (χ3v) is 4.41. The molecule has 1 fully saturated rings. The summed E-state index contributed by atoms with van der Waals surface area (Å²) in [5.74, 6) is 0.271. The fourth-order valence-electron chi connectivity index (χ4n) is 3.11. The van der Waals surface area contributed by atoms with E-state index in [0.717, 1.165) is 0 Å². The number of rotatable bonds is 3. The molecule has 0 aromatic rings. The van der Waals surface area contributed by atoms with Gasteiger partial charge in [-0.05, 0) is 27.7 Å². The summed E-state index contributed by atoms with van der Waals surface area (Å²) < 4.78 is 5.72. The Kier molecular flexibility index (Phi) is 4.63. The van der Waals surface area contributed by atoms with Gasteiger partial charge in [-0.2, -0.15) is 0 Å². The molecule has 0 saturated carbocycles. The second-order valence-corrected chi connectivity index (χ2v) is 6.47. The molecule has 2 rings (SSSR count). The van der Waals surface area contributed by atoms with Gasteiger partial charge in [-0.1, -0.05) is 6.58 Å². The molecule has 0 aromatic carbocycles. The standard InChI is InChI=1S/C17H24N2O4/c1-11(2)15(21)18-6-8-19(9-7-18)16(22)17(5)10-14(12(3)20)13(4)23-17/h1,6-10H2,2-5H3. The number of ether oxygens (including phenoxy) is 1. The summed E-state index contributed by atoms with van der Waals surface area (Å²) >= 11 is 0. The maximum atomic E-state index is 12.8. The summed E-state index contributed by atoms with van der Waals surface area (Å²) in [6.45, 7) is 12.2. The molecule has 126 valence electrons. The Labute approximate surface area is 136 Å². The number of piperazine rings is 1. The van der Waals surface area contributed by atoms with Gasteiger partial charge in [-0.3, -0.25) is 14.4 Å². The number of hydrogen-bond donors (Lipinski definition) is 0. The quantitative estimate of drug-likeness (QED) is 0.735. The van der Waals surface area contributed by atoms with Gasteiger partial charge in [0, 0.05) is 43.7 Å². The highest BCUT2D eigenvalue weighted by Gasteiger charge is 2.45. The Hall–Kier alpha value is -2.11. The second kappa shape index (κ2) is 6.18. The minimum absolute atomic E-state index is 0.0594. The van der Waals surface area contributed by atoms with Crippen LogP contribution in [0.4, 0.5) is 0 Å². The minimum Gasteiger partial charge on any atom is -0.482 e. The number of ketones is 1. The van der Waals surface area contributed by atoms with E-state index in [1.807, 2.05) is 0 Å². The zero-order chi connectivity index (χ0) is 17.4. The average Bonchev–Trinajstić information content (AvgIpc) is 2.82. The summed E-state index contributed by atoms with van der Waals surface area (Å²) in [4.78, 5) is 39.7. The summed E-state index contributed by atoms with van der Waals surface area (Å²) in [5.41, 5.74) is 0.0600. The predicted molar refractivity (Wildman–Crippen MR) is 85.5 cm³/mol. The van der Waals surface area contributed by atoms with Crippen LogP contribution < -0.4 is 0 Å². The Morgan fingerprint density at radius 2 is 1.61 bits per heavy atom. The fourth-order valence-corrected chi connectivity index (χ4v) is 3.11. The van der Waals surface area contributed by atoms with Crippen molar-refractivity contribution in [1.82, 2.24) is 9.80 Å². The third kappa shape index (κ3) is 3.30.